The molecule has 1 saturated carbocycles. The zero-order valence-corrected chi connectivity index (χ0v) is 14.0. The van der Waals surface area contributed by atoms with Gasteiger partial charge in [0.15, 0.2) is 0 Å². The van der Waals surface area contributed by atoms with Gasteiger partial charge in [-0.2, -0.15) is 0 Å². The van der Waals surface area contributed by atoms with Crippen LogP contribution in [0.3, 0.4) is 0 Å². The highest BCUT2D eigenvalue weighted by atomic mass is 16.7. The molecule has 4 nitrogen and oxygen atoms in total. The molecule has 2 rings (SSSR count). The van der Waals surface area contributed by atoms with Gasteiger partial charge in [-0.05, 0) is 44.4 Å². The maximum absolute atomic E-state index is 11.9. The van der Waals surface area contributed by atoms with E-state index in [4.69, 9.17) is 9.47 Å². The highest BCUT2D eigenvalue weighted by Gasteiger charge is 2.45. The third-order valence-corrected chi connectivity index (χ3v) is 5.10. The largest absolute Gasteiger partial charge is 0.435 e. The molecule has 1 saturated heterocycles. The van der Waals surface area contributed by atoms with Crippen molar-refractivity contribution in [2.75, 3.05) is 0 Å². The van der Waals surface area contributed by atoms with Crippen molar-refractivity contribution in [3.05, 3.63) is 0 Å². The lowest BCUT2D eigenvalue weighted by Crippen LogP contribution is -2.37. The Morgan fingerprint density at radius 2 is 1.95 bits per heavy atom. The van der Waals surface area contributed by atoms with E-state index in [1.54, 1.807) is 13.8 Å². The quantitative estimate of drug-likeness (QED) is 0.810. The van der Waals surface area contributed by atoms with Crippen molar-refractivity contribution in [2.45, 2.75) is 78.3 Å². The summed E-state index contributed by atoms with van der Waals surface area (Å²) in [7, 11) is 0. The average Bonchev–Trinajstić information content (AvgIpc) is 2.69. The smallest absolute Gasteiger partial charge is 0.314 e. The van der Waals surface area contributed by atoms with Gasteiger partial charge in [-0.25, -0.2) is 0 Å². The summed E-state index contributed by atoms with van der Waals surface area (Å²) in [4.78, 5) is 11.9. The molecule has 2 aliphatic rings. The molecule has 122 valence electrons. The van der Waals surface area contributed by atoms with E-state index in [1.807, 2.05) is 0 Å². The predicted octanol–water partition coefficient (Wildman–Crippen LogP) is 3.12. The molecule has 21 heavy (non-hydrogen) atoms. The van der Waals surface area contributed by atoms with Gasteiger partial charge in [0.25, 0.3) is 0 Å². The van der Waals surface area contributed by atoms with Crippen LogP contribution < -0.4 is 0 Å². The highest BCUT2D eigenvalue weighted by molar-refractivity contribution is 5.75. The molecule has 0 aromatic carbocycles. The number of carbonyl (C=O) groups is 1. The van der Waals surface area contributed by atoms with Crippen molar-refractivity contribution >= 4 is 5.97 Å². The molecule has 0 amide bonds. The van der Waals surface area contributed by atoms with Crippen molar-refractivity contribution in [3.8, 4) is 0 Å². The predicted molar refractivity (Wildman–Crippen MR) is 80.5 cm³/mol. The molecule has 0 bridgehead atoms. The van der Waals surface area contributed by atoms with Gasteiger partial charge in [0, 0.05) is 6.42 Å². The molecule has 0 spiro atoms. The van der Waals surface area contributed by atoms with Crippen LogP contribution in [0.5, 0.6) is 0 Å². The van der Waals surface area contributed by atoms with Crippen molar-refractivity contribution in [3.63, 3.8) is 0 Å². The molecule has 0 aromatic rings. The van der Waals surface area contributed by atoms with Crippen LogP contribution in [0.1, 0.15) is 60.3 Å². The SMILES string of the molecule is CC(C)[C@@H]1CC[C@@H](C)C[C@H]1O[C@H]1C[C@H](C(C)(C)O)C(=O)O1. The number of hydrogen-bond acceptors (Lipinski definition) is 4. The van der Waals surface area contributed by atoms with Crippen LogP contribution in [0.15, 0.2) is 0 Å². The lowest BCUT2D eigenvalue weighted by Gasteiger charge is -2.38. The lowest BCUT2D eigenvalue weighted by atomic mass is 9.75. The highest BCUT2D eigenvalue weighted by Crippen LogP contribution is 2.38. The second-order valence-electron chi connectivity index (χ2n) is 7.81. The summed E-state index contributed by atoms with van der Waals surface area (Å²) >= 11 is 0. The van der Waals surface area contributed by atoms with Crippen LogP contribution >= 0.6 is 0 Å². The number of rotatable bonds is 4. The first-order valence-corrected chi connectivity index (χ1v) is 8.26. The fourth-order valence-electron chi connectivity index (χ4n) is 3.67. The fraction of sp³-hybridized carbons (Fsp3) is 0.941. The van der Waals surface area contributed by atoms with Crippen LogP contribution in [0.4, 0.5) is 0 Å². The van der Waals surface area contributed by atoms with Crippen molar-refractivity contribution in [2.24, 2.45) is 23.7 Å². The molecular weight excluding hydrogens is 268 g/mol. The zero-order valence-electron chi connectivity index (χ0n) is 14.0. The molecule has 1 aliphatic heterocycles. The molecule has 4 heteroatoms. The van der Waals surface area contributed by atoms with E-state index in [2.05, 4.69) is 20.8 Å². The number of hydrogen-bond donors (Lipinski definition) is 1. The van der Waals surface area contributed by atoms with Gasteiger partial charge >= 0.3 is 5.97 Å². The number of ether oxygens (including phenoxy) is 2. The van der Waals surface area contributed by atoms with E-state index >= 15 is 0 Å². The van der Waals surface area contributed by atoms with Crippen LogP contribution in [-0.2, 0) is 14.3 Å². The molecule has 0 unspecified atom stereocenters. The maximum Gasteiger partial charge on any atom is 0.314 e. The summed E-state index contributed by atoms with van der Waals surface area (Å²) < 4.78 is 11.5. The van der Waals surface area contributed by atoms with Crippen LogP contribution in [0, 0.1) is 23.7 Å². The van der Waals surface area contributed by atoms with E-state index < -0.39 is 17.8 Å². The Hall–Kier alpha value is -0.610. The summed E-state index contributed by atoms with van der Waals surface area (Å²) in [5.41, 5.74) is -1.05. The van der Waals surface area contributed by atoms with Crippen molar-refractivity contribution in [1.29, 1.82) is 0 Å². The normalized spacial score (nSPS) is 37.9. The Labute approximate surface area is 128 Å². The van der Waals surface area contributed by atoms with Crippen LogP contribution in [0.25, 0.3) is 0 Å². The van der Waals surface area contributed by atoms with Gasteiger partial charge in [0.2, 0.25) is 6.29 Å². The second-order valence-corrected chi connectivity index (χ2v) is 7.81. The summed E-state index contributed by atoms with van der Waals surface area (Å²) in [5.74, 6) is 0.941. The average molecular weight is 298 g/mol. The fourth-order valence-corrected chi connectivity index (χ4v) is 3.67. The minimum absolute atomic E-state index is 0.159. The van der Waals surface area contributed by atoms with Crippen molar-refractivity contribution < 1.29 is 19.4 Å². The Balaban J connectivity index is 1.98. The minimum atomic E-state index is -1.05. The third-order valence-electron chi connectivity index (χ3n) is 5.10. The Morgan fingerprint density at radius 3 is 2.48 bits per heavy atom. The minimum Gasteiger partial charge on any atom is -0.435 e. The Kier molecular flexibility index (Phi) is 4.99. The van der Waals surface area contributed by atoms with Gasteiger partial charge in [-0.3, -0.25) is 4.79 Å². The van der Waals surface area contributed by atoms with Gasteiger partial charge in [-0.1, -0.05) is 27.2 Å². The monoisotopic (exact) mass is 298 g/mol. The zero-order chi connectivity index (χ0) is 15.8. The first-order chi connectivity index (χ1) is 9.68. The van der Waals surface area contributed by atoms with Gasteiger partial charge in [-0.15, -0.1) is 0 Å². The second kappa shape index (κ2) is 6.25. The van der Waals surface area contributed by atoms with Gasteiger partial charge in [0.1, 0.15) is 0 Å². The van der Waals surface area contributed by atoms with E-state index in [0.717, 1.165) is 6.42 Å². The van der Waals surface area contributed by atoms with Crippen LogP contribution in [-0.4, -0.2) is 29.1 Å². The molecular formula is C17H30O4. The van der Waals surface area contributed by atoms with E-state index in [-0.39, 0.29) is 12.1 Å². The molecule has 1 heterocycles. The molecule has 1 aliphatic carbocycles. The first-order valence-electron chi connectivity index (χ1n) is 8.26. The number of cyclic esters (lactones) is 1. The Morgan fingerprint density at radius 1 is 1.29 bits per heavy atom. The summed E-state index contributed by atoms with van der Waals surface area (Å²) in [6, 6.07) is 0. The molecule has 0 aromatic heterocycles. The number of aliphatic hydroxyl groups is 1. The van der Waals surface area contributed by atoms with Crippen molar-refractivity contribution in [1.82, 2.24) is 0 Å². The summed E-state index contributed by atoms with van der Waals surface area (Å²) in [6.07, 6.45) is 3.58. The maximum atomic E-state index is 11.9. The van der Waals surface area contributed by atoms with E-state index in [0.29, 0.717) is 24.2 Å². The lowest BCUT2D eigenvalue weighted by molar-refractivity contribution is -0.186. The van der Waals surface area contributed by atoms with Gasteiger partial charge in [0.05, 0.1) is 17.6 Å². The molecule has 0 radical (unpaired) electrons. The number of esters is 1. The molecule has 1 N–H and O–H groups in total. The summed E-state index contributed by atoms with van der Waals surface area (Å²) in [5, 5.41) is 10.0. The first kappa shape index (κ1) is 16.8. The topological polar surface area (TPSA) is 55.8 Å². The summed E-state index contributed by atoms with van der Waals surface area (Å²) in [6.45, 7) is 10.0. The van der Waals surface area contributed by atoms with Crippen LogP contribution in [0.2, 0.25) is 0 Å². The molecule has 5 atom stereocenters. The van der Waals surface area contributed by atoms with Gasteiger partial charge < -0.3 is 14.6 Å². The Bertz CT molecular complexity index is 371. The van der Waals surface area contributed by atoms with E-state index in [9.17, 15) is 9.90 Å². The molecule has 2 fully saturated rings. The standard InChI is InChI=1S/C17H30O4/c1-10(2)12-7-6-11(3)8-14(12)20-15-9-13(16(18)21-15)17(4,5)19/h10-15,19H,6-9H2,1-5H3/t11-,12+,13+,14-,15-/m1/s1. The number of carbonyl (C=O) groups excluding carboxylic acids is 1. The third kappa shape index (κ3) is 3.98. The van der Waals surface area contributed by atoms with E-state index in [1.165, 1.54) is 12.8 Å².